The van der Waals surface area contributed by atoms with Crippen molar-refractivity contribution in [1.29, 1.82) is 0 Å². The minimum atomic E-state index is -0.0753. The molecule has 0 atom stereocenters. The van der Waals surface area contributed by atoms with Gasteiger partial charge in [0.15, 0.2) is 0 Å². The quantitative estimate of drug-likeness (QED) is 0.562. The van der Waals surface area contributed by atoms with Gasteiger partial charge in [-0.1, -0.05) is 51.8 Å². The second-order valence-corrected chi connectivity index (χ2v) is 6.99. The summed E-state index contributed by atoms with van der Waals surface area (Å²) in [5.74, 6) is 0.333. The maximum atomic E-state index is 14.5. The van der Waals surface area contributed by atoms with Gasteiger partial charge in [0, 0.05) is 11.8 Å². The van der Waals surface area contributed by atoms with Gasteiger partial charge >= 0.3 is 0 Å². The zero-order valence-electron chi connectivity index (χ0n) is 14.3. The topological polar surface area (TPSA) is 12.4 Å². The first-order chi connectivity index (χ1) is 10.5. The third kappa shape index (κ3) is 4.06. The van der Waals surface area contributed by atoms with Gasteiger partial charge in [0.25, 0.3) is 0 Å². The Morgan fingerprint density at radius 3 is 2.55 bits per heavy atom. The molecule has 1 aromatic rings. The third-order valence-corrected chi connectivity index (χ3v) is 4.83. The predicted molar refractivity (Wildman–Crippen MR) is 93.8 cm³/mol. The molecule has 1 nitrogen and oxygen atoms in total. The minimum absolute atomic E-state index is 0.0661. The Bertz CT molecular complexity index is 563. The molecule has 2 rings (SSSR count). The lowest BCUT2D eigenvalue weighted by atomic mass is 9.92. The summed E-state index contributed by atoms with van der Waals surface area (Å²) < 4.78 is 14.5. The van der Waals surface area contributed by atoms with E-state index >= 15 is 0 Å². The monoisotopic (exact) mass is 301 g/mol. The van der Waals surface area contributed by atoms with Gasteiger partial charge in [0.1, 0.15) is 5.82 Å². The number of aliphatic imine (C=N–C) groups is 1. The highest BCUT2D eigenvalue weighted by atomic mass is 19.1. The van der Waals surface area contributed by atoms with Crippen LogP contribution in [0.1, 0.15) is 76.8 Å². The molecule has 0 heterocycles. The van der Waals surface area contributed by atoms with Gasteiger partial charge in [0.2, 0.25) is 0 Å². The summed E-state index contributed by atoms with van der Waals surface area (Å²) in [6.07, 6.45) is 9.65. The molecule has 1 aromatic carbocycles. The molecular formula is C20H28FN. The zero-order valence-corrected chi connectivity index (χ0v) is 14.3. The first-order valence-electron chi connectivity index (χ1n) is 8.48. The molecule has 0 aromatic heterocycles. The standard InChI is InChI=1S/C20H28FN/c1-5-19(22-14-20(3,4)6-2)16-11-12-17(18(21)13-16)15-9-7-8-10-15/h5,11-15H,6-10H2,1-4H3. The Balaban J connectivity index is 2.22. The highest BCUT2D eigenvalue weighted by Crippen LogP contribution is 2.36. The van der Waals surface area contributed by atoms with E-state index in [0.717, 1.165) is 36.1 Å². The van der Waals surface area contributed by atoms with Crippen LogP contribution in [-0.4, -0.2) is 6.21 Å². The van der Waals surface area contributed by atoms with Crippen LogP contribution in [0.4, 0.5) is 4.39 Å². The lowest BCUT2D eigenvalue weighted by Gasteiger charge is -2.16. The van der Waals surface area contributed by atoms with Crippen LogP contribution in [0.15, 0.2) is 29.3 Å². The van der Waals surface area contributed by atoms with Crippen LogP contribution in [0.3, 0.4) is 0 Å². The molecule has 1 fully saturated rings. The van der Waals surface area contributed by atoms with Gasteiger partial charge in [-0.3, -0.25) is 4.99 Å². The Morgan fingerprint density at radius 1 is 1.32 bits per heavy atom. The van der Waals surface area contributed by atoms with Crippen molar-refractivity contribution in [2.45, 2.75) is 65.7 Å². The van der Waals surface area contributed by atoms with Crippen LogP contribution in [0, 0.1) is 11.2 Å². The van der Waals surface area contributed by atoms with Crippen molar-refractivity contribution in [3.8, 4) is 0 Å². The molecule has 0 amide bonds. The van der Waals surface area contributed by atoms with Crippen LogP contribution >= 0.6 is 0 Å². The fraction of sp³-hybridized carbons (Fsp3) is 0.550. The zero-order chi connectivity index (χ0) is 16.2. The number of nitrogens with zero attached hydrogens (tertiary/aromatic N) is 1. The first kappa shape index (κ1) is 16.9. The van der Waals surface area contributed by atoms with Gasteiger partial charge < -0.3 is 0 Å². The van der Waals surface area contributed by atoms with E-state index in [1.165, 1.54) is 12.8 Å². The van der Waals surface area contributed by atoms with Crippen molar-refractivity contribution < 1.29 is 4.39 Å². The largest absolute Gasteiger partial charge is 0.260 e. The molecule has 1 saturated carbocycles. The minimum Gasteiger partial charge on any atom is -0.260 e. The van der Waals surface area contributed by atoms with E-state index in [2.05, 4.69) is 25.8 Å². The SMILES string of the molecule is CC=C(N=CC(C)(C)CC)c1ccc(C2CCCC2)c(F)c1. The second-order valence-electron chi connectivity index (χ2n) is 6.99. The van der Waals surface area contributed by atoms with Crippen molar-refractivity contribution in [2.24, 2.45) is 10.4 Å². The smallest absolute Gasteiger partial charge is 0.127 e. The summed E-state index contributed by atoms with van der Waals surface area (Å²) in [5, 5.41) is 0. The van der Waals surface area contributed by atoms with Crippen molar-refractivity contribution >= 4 is 11.9 Å². The van der Waals surface area contributed by atoms with Crippen molar-refractivity contribution in [3.63, 3.8) is 0 Å². The molecule has 1 aliphatic carbocycles. The van der Waals surface area contributed by atoms with E-state index in [1.807, 2.05) is 31.3 Å². The van der Waals surface area contributed by atoms with Crippen LogP contribution in [0.25, 0.3) is 5.70 Å². The number of hydrogen-bond acceptors (Lipinski definition) is 1. The lowest BCUT2D eigenvalue weighted by molar-refractivity contribution is 0.516. The summed E-state index contributed by atoms with van der Waals surface area (Å²) in [7, 11) is 0. The van der Waals surface area contributed by atoms with E-state index in [1.54, 1.807) is 6.07 Å². The number of allylic oxidation sites excluding steroid dienone is 1. The van der Waals surface area contributed by atoms with Gasteiger partial charge in [-0.05, 0) is 49.1 Å². The van der Waals surface area contributed by atoms with Gasteiger partial charge in [0.05, 0.1) is 5.70 Å². The van der Waals surface area contributed by atoms with Gasteiger partial charge in [-0.2, -0.15) is 0 Å². The average Bonchev–Trinajstić information content (AvgIpc) is 3.02. The van der Waals surface area contributed by atoms with Crippen LogP contribution in [0.5, 0.6) is 0 Å². The second kappa shape index (κ2) is 7.21. The first-order valence-corrected chi connectivity index (χ1v) is 8.48. The molecular weight excluding hydrogens is 273 g/mol. The molecule has 0 saturated heterocycles. The maximum absolute atomic E-state index is 14.5. The predicted octanol–water partition coefficient (Wildman–Crippen LogP) is 6.35. The molecule has 0 spiro atoms. The highest BCUT2D eigenvalue weighted by Gasteiger charge is 2.20. The molecule has 0 aliphatic heterocycles. The Kier molecular flexibility index (Phi) is 5.55. The van der Waals surface area contributed by atoms with Crippen LogP contribution in [-0.2, 0) is 0 Å². The Labute approximate surface area is 134 Å². The van der Waals surface area contributed by atoms with Crippen molar-refractivity contribution in [1.82, 2.24) is 0 Å². The van der Waals surface area contributed by atoms with Crippen LogP contribution < -0.4 is 0 Å². The summed E-state index contributed by atoms with van der Waals surface area (Å²) in [4.78, 5) is 4.59. The van der Waals surface area contributed by atoms with E-state index in [-0.39, 0.29) is 11.2 Å². The maximum Gasteiger partial charge on any atom is 0.127 e. The number of hydrogen-bond donors (Lipinski definition) is 0. The fourth-order valence-corrected chi connectivity index (χ4v) is 2.91. The normalized spacial score (nSPS) is 17.6. The summed E-state index contributed by atoms with van der Waals surface area (Å²) >= 11 is 0. The van der Waals surface area contributed by atoms with Crippen molar-refractivity contribution in [3.05, 3.63) is 41.2 Å². The fourth-order valence-electron chi connectivity index (χ4n) is 2.91. The number of halogens is 1. The average molecular weight is 301 g/mol. The van der Waals surface area contributed by atoms with Gasteiger partial charge in [-0.15, -0.1) is 0 Å². The van der Waals surface area contributed by atoms with E-state index in [0.29, 0.717) is 5.92 Å². The van der Waals surface area contributed by atoms with Gasteiger partial charge in [-0.25, -0.2) is 4.39 Å². The summed E-state index contributed by atoms with van der Waals surface area (Å²) in [5.41, 5.74) is 2.66. The Hall–Kier alpha value is -1.44. The Morgan fingerprint density at radius 2 is 2.00 bits per heavy atom. The molecule has 0 N–H and O–H groups in total. The highest BCUT2D eigenvalue weighted by molar-refractivity contribution is 5.76. The molecule has 120 valence electrons. The molecule has 0 unspecified atom stereocenters. The third-order valence-electron chi connectivity index (χ3n) is 4.83. The molecule has 0 radical (unpaired) electrons. The molecule has 2 heteroatoms. The van der Waals surface area contributed by atoms with E-state index in [4.69, 9.17) is 0 Å². The molecule has 0 bridgehead atoms. The van der Waals surface area contributed by atoms with E-state index < -0.39 is 0 Å². The lowest BCUT2D eigenvalue weighted by Crippen LogP contribution is -2.10. The summed E-state index contributed by atoms with van der Waals surface area (Å²) in [6.45, 7) is 8.42. The molecule has 22 heavy (non-hydrogen) atoms. The number of rotatable bonds is 5. The summed E-state index contributed by atoms with van der Waals surface area (Å²) in [6, 6.07) is 5.63. The van der Waals surface area contributed by atoms with Crippen molar-refractivity contribution in [2.75, 3.05) is 0 Å². The van der Waals surface area contributed by atoms with Crippen LogP contribution in [0.2, 0.25) is 0 Å². The van der Waals surface area contributed by atoms with E-state index in [9.17, 15) is 4.39 Å². The molecule has 1 aliphatic rings. The number of benzene rings is 1.